The van der Waals surface area contributed by atoms with E-state index in [9.17, 15) is 9.18 Å². The third kappa shape index (κ3) is 3.60. The zero-order chi connectivity index (χ0) is 19.1. The van der Waals surface area contributed by atoms with E-state index >= 15 is 0 Å². The number of carboxylic acid groups (broad SMARTS) is 1. The fourth-order valence-corrected chi connectivity index (χ4v) is 3.20. The van der Waals surface area contributed by atoms with Crippen LogP contribution in [0.2, 0.25) is 0 Å². The van der Waals surface area contributed by atoms with Gasteiger partial charge in [-0.05, 0) is 45.2 Å². The Morgan fingerprint density at radius 1 is 1.38 bits per heavy atom. The van der Waals surface area contributed by atoms with E-state index in [4.69, 9.17) is 14.4 Å². The second-order valence-electron chi connectivity index (χ2n) is 7.15. The lowest BCUT2D eigenvalue weighted by Gasteiger charge is -2.32. The lowest BCUT2D eigenvalue weighted by molar-refractivity contribution is -0.137. The van der Waals surface area contributed by atoms with E-state index in [0.29, 0.717) is 11.3 Å². The highest BCUT2D eigenvalue weighted by Crippen LogP contribution is 2.39. The Labute approximate surface area is 155 Å². The summed E-state index contributed by atoms with van der Waals surface area (Å²) in [5.74, 6) is -1.02. The van der Waals surface area contributed by atoms with E-state index in [0.717, 1.165) is 5.56 Å². The molecule has 0 spiro atoms. The van der Waals surface area contributed by atoms with Gasteiger partial charge in [-0.1, -0.05) is 0 Å². The van der Waals surface area contributed by atoms with Crippen LogP contribution in [0.4, 0.5) is 4.39 Å². The van der Waals surface area contributed by atoms with Crippen molar-refractivity contribution in [2.75, 3.05) is 0 Å². The normalized spacial score (nSPS) is 19.1. The molecule has 9 heteroatoms. The van der Waals surface area contributed by atoms with Crippen molar-refractivity contribution in [3.05, 3.63) is 34.3 Å². The van der Waals surface area contributed by atoms with Crippen LogP contribution in [-0.4, -0.2) is 39.2 Å². The molecule has 6 nitrogen and oxygen atoms in total. The maximum absolute atomic E-state index is 14.8. The van der Waals surface area contributed by atoms with Crippen LogP contribution in [0.3, 0.4) is 0 Å². The standard InChI is InChI=1S/C17H20BFN2O4S/c1-16(2)17(3,4)25-18(24-16)13(19)7-12-8-21(9-14(22)23)20-15(12)11-5-6-26-10-11/h5-8,10H,9H2,1-4H3,(H,22,23). The maximum Gasteiger partial charge on any atom is 0.525 e. The van der Waals surface area contributed by atoms with Crippen molar-refractivity contribution in [2.45, 2.75) is 45.4 Å². The fraction of sp³-hybridized carbons (Fsp3) is 0.412. The van der Waals surface area contributed by atoms with Crippen LogP contribution in [0.15, 0.2) is 28.7 Å². The molecule has 0 saturated carbocycles. The number of thiophene rings is 1. The van der Waals surface area contributed by atoms with Gasteiger partial charge in [0.2, 0.25) is 0 Å². The number of rotatable bonds is 5. The Bertz CT molecular complexity index is 829. The molecule has 1 fully saturated rings. The summed E-state index contributed by atoms with van der Waals surface area (Å²) in [6, 6.07) is 1.85. The molecule has 1 aliphatic rings. The van der Waals surface area contributed by atoms with Crippen molar-refractivity contribution < 1.29 is 23.6 Å². The number of hydrogen-bond acceptors (Lipinski definition) is 5. The second kappa shape index (κ2) is 6.64. The van der Waals surface area contributed by atoms with Gasteiger partial charge in [-0.3, -0.25) is 9.48 Å². The van der Waals surface area contributed by atoms with E-state index < -0.39 is 30.0 Å². The van der Waals surface area contributed by atoms with Crippen molar-refractivity contribution in [3.63, 3.8) is 0 Å². The first-order valence-electron chi connectivity index (χ1n) is 8.13. The molecule has 3 rings (SSSR count). The summed E-state index contributed by atoms with van der Waals surface area (Å²) in [5.41, 5.74) is -0.0999. The molecule has 0 unspecified atom stereocenters. The minimum absolute atomic E-state index is 0.302. The van der Waals surface area contributed by atoms with Gasteiger partial charge in [0.15, 0.2) is 0 Å². The zero-order valence-electron chi connectivity index (χ0n) is 15.0. The van der Waals surface area contributed by atoms with Crippen LogP contribution >= 0.6 is 11.3 Å². The summed E-state index contributed by atoms with van der Waals surface area (Å²) in [6.07, 6.45) is 2.80. The fourth-order valence-electron chi connectivity index (χ4n) is 2.56. The molecule has 1 saturated heterocycles. The van der Waals surface area contributed by atoms with Crippen LogP contribution in [0.5, 0.6) is 0 Å². The highest BCUT2D eigenvalue weighted by atomic mass is 32.1. The Balaban J connectivity index is 1.94. The summed E-state index contributed by atoms with van der Waals surface area (Å²) >= 11 is 1.48. The lowest BCUT2D eigenvalue weighted by Crippen LogP contribution is -2.41. The average Bonchev–Trinajstić information content (AvgIpc) is 3.18. The quantitative estimate of drug-likeness (QED) is 0.805. The summed E-state index contributed by atoms with van der Waals surface area (Å²) < 4.78 is 27.5. The molecule has 0 amide bonds. The summed E-state index contributed by atoms with van der Waals surface area (Å²) in [6.45, 7) is 7.09. The number of nitrogens with zero attached hydrogens (tertiary/aromatic N) is 2. The molecule has 0 radical (unpaired) electrons. The molecule has 0 aliphatic carbocycles. The van der Waals surface area contributed by atoms with Gasteiger partial charge in [-0.15, -0.1) is 0 Å². The van der Waals surface area contributed by atoms with Gasteiger partial charge >= 0.3 is 13.1 Å². The number of carboxylic acids is 1. The molecule has 1 aliphatic heterocycles. The second-order valence-corrected chi connectivity index (χ2v) is 7.93. The van der Waals surface area contributed by atoms with E-state index in [1.54, 1.807) is 0 Å². The third-order valence-electron chi connectivity index (χ3n) is 4.65. The molecule has 0 bridgehead atoms. The topological polar surface area (TPSA) is 73.6 Å². The van der Waals surface area contributed by atoms with Gasteiger partial charge < -0.3 is 14.4 Å². The van der Waals surface area contributed by atoms with Gasteiger partial charge in [0.1, 0.15) is 18.0 Å². The first kappa shape index (κ1) is 18.8. The van der Waals surface area contributed by atoms with Crippen LogP contribution in [0, 0.1) is 0 Å². The zero-order valence-corrected chi connectivity index (χ0v) is 15.8. The van der Waals surface area contributed by atoms with Crippen molar-refractivity contribution >= 4 is 30.5 Å². The van der Waals surface area contributed by atoms with Gasteiger partial charge in [0.25, 0.3) is 0 Å². The SMILES string of the molecule is CC1(C)OB(C(F)=Cc2cn(CC(=O)O)nc2-c2ccsc2)OC1(C)C. The predicted molar refractivity (Wildman–Crippen MR) is 98.3 cm³/mol. The first-order valence-corrected chi connectivity index (χ1v) is 9.08. The average molecular weight is 378 g/mol. The number of hydrogen-bond donors (Lipinski definition) is 1. The van der Waals surface area contributed by atoms with Crippen molar-refractivity contribution in [2.24, 2.45) is 0 Å². The molecule has 138 valence electrons. The lowest BCUT2D eigenvalue weighted by atomic mass is 9.86. The van der Waals surface area contributed by atoms with Crippen molar-refractivity contribution in [1.82, 2.24) is 9.78 Å². The summed E-state index contributed by atoms with van der Waals surface area (Å²) in [4.78, 5) is 11.0. The predicted octanol–water partition coefficient (Wildman–Crippen LogP) is 3.64. The molecule has 2 aromatic rings. The van der Waals surface area contributed by atoms with E-state index in [-0.39, 0.29) is 6.54 Å². The van der Waals surface area contributed by atoms with Crippen molar-refractivity contribution in [3.8, 4) is 11.3 Å². The Kier molecular flexibility index (Phi) is 4.81. The molecular formula is C17H20BFN2O4S. The molecule has 2 aromatic heterocycles. The molecule has 1 N–H and O–H groups in total. The number of aromatic nitrogens is 2. The minimum atomic E-state index is -1.11. The monoisotopic (exact) mass is 378 g/mol. The van der Waals surface area contributed by atoms with E-state index in [1.165, 1.54) is 28.3 Å². The number of aliphatic carboxylic acids is 1. The van der Waals surface area contributed by atoms with Gasteiger partial charge in [0.05, 0.1) is 11.2 Å². The van der Waals surface area contributed by atoms with Gasteiger partial charge in [-0.2, -0.15) is 16.4 Å². The number of carbonyl (C=O) groups is 1. The molecule has 0 aromatic carbocycles. The number of halogens is 1. The largest absolute Gasteiger partial charge is 0.525 e. The van der Waals surface area contributed by atoms with Crippen LogP contribution in [0.1, 0.15) is 33.3 Å². The highest BCUT2D eigenvalue weighted by Gasteiger charge is 2.53. The van der Waals surface area contributed by atoms with Gasteiger partial charge in [0, 0.05) is 22.7 Å². The maximum atomic E-state index is 14.8. The van der Waals surface area contributed by atoms with E-state index in [1.807, 2.05) is 44.5 Å². The van der Waals surface area contributed by atoms with E-state index in [2.05, 4.69) is 5.10 Å². The highest BCUT2D eigenvalue weighted by molar-refractivity contribution is 7.08. The van der Waals surface area contributed by atoms with Crippen molar-refractivity contribution in [1.29, 1.82) is 0 Å². The Morgan fingerprint density at radius 2 is 2.04 bits per heavy atom. The summed E-state index contributed by atoms with van der Waals surface area (Å²) in [7, 11) is -1.11. The molecule has 26 heavy (non-hydrogen) atoms. The minimum Gasteiger partial charge on any atom is -0.480 e. The summed E-state index contributed by atoms with van der Waals surface area (Å²) in [5, 5.41) is 17.0. The molecule has 3 heterocycles. The van der Waals surface area contributed by atoms with Crippen LogP contribution in [-0.2, 0) is 20.6 Å². The Morgan fingerprint density at radius 3 is 2.58 bits per heavy atom. The molecule has 0 atom stereocenters. The Hall–Kier alpha value is -1.97. The van der Waals surface area contributed by atoms with Crippen LogP contribution < -0.4 is 0 Å². The first-order chi connectivity index (χ1) is 12.1. The third-order valence-corrected chi connectivity index (χ3v) is 5.34. The van der Waals surface area contributed by atoms with Crippen LogP contribution in [0.25, 0.3) is 17.3 Å². The van der Waals surface area contributed by atoms with Gasteiger partial charge in [-0.25, -0.2) is 4.39 Å². The molecular weight excluding hydrogens is 358 g/mol. The smallest absolute Gasteiger partial charge is 0.480 e.